The van der Waals surface area contributed by atoms with Crippen molar-refractivity contribution in [3.05, 3.63) is 58.3 Å². The van der Waals surface area contributed by atoms with Crippen molar-refractivity contribution in [3.8, 4) is 0 Å². The molecule has 2 rings (SSSR count). The summed E-state index contributed by atoms with van der Waals surface area (Å²) in [5, 5.41) is 7.82. The second-order valence-corrected chi connectivity index (χ2v) is 5.03. The molecule has 0 radical (unpaired) electrons. The summed E-state index contributed by atoms with van der Waals surface area (Å²) in [5.41, 5.74) is 2.85. The van der Waals surface area contributed by atoms with Crippen molar-refractivity contribution >= 4 is 11.3 Å². The van der Waals surface area contributed by atoms with Crippen molar-refractivity contribution in [1.29, 1.82) is 0 Å². The van der Waals surface area contributed by atoms with Crippen LogP contribution >= 0.6 is 11.3 Å². The Morgan fingerprint density at radius 1 is 0.941 bits per heavy atom. The molecule has 0 aliphatic rings. The van der Waals surface area contributed by atoms with Crippen LogP contribution in [-0.4, -0.2) is 6.54 Å². The molecule has 0 aliphatic heterocycles. The number of hydrogen-bond donors (Lipinski definition) is 1. The number of benzene rings is 1. The van der Waals surface area contributed by atoms with Gasteiger partial charge in [0.15, 0.2) is 0 Å². The number of hydrogen-bond acceptors (Lipinski definition) is 2. The van der Waals surface area contributed by atoms with Gasteiger partial charge in [0.05, 0.1) is 0 Å². The maximum absolute atomic E-state index is 3.48. The summed E-state index contributed by atoms with van der Waals surface area (Å²) in [5.74, 6) is 0. The predicted molar refractivity (Wildman–Crippen MR) is 75.4 cm³/mol. The lowest BCUT2D eigenvalue weighted by Gasteiger charge is -2.03. The van der Waals surface area contributed by atoms with Crippen molar-refractivity contribution in [3.63, 3.8) is 0 Å². The molecule has 1 nitrogen and oxygen atoms in total. The standard InChI is InChI=1S/C15H19NS/c1-2-6-14(7-3-1)8-4-5-10-16-12-15-9-11-17-13-15/h1-3,6-7,9,11,13,16H,4-5,8,10,12H2. The van der Waals surface area contributed by atoms with E-state index in [0.29, 0.717) is 0 Å². The van der Waals surface area contributed by atoms with Gasteiger partial charge in [-0.05, 0) is 53.8 Å². The lowest BCUT2D eigenvalue weighted by atomic mass is 10.1. The van der Waals surface area contributed by atoms with E-state index in [0.717, 1.165) is 13.1 Å². The summed E-state index contributed by atoms with van der Waals surface area (Å²) in [6, 6.07) is 12.9. The summed E-state index contributed by atoms with van der Waals surface area (Å²) in [6.07, 6.45) is 3.71. The van der Waals surface area contributed by atoms with Gasteiger partial charge >= 0.3 is 0 Å². The molecule has 0 unspecified atom stereocenters. The minimum absolute atomic E-state index is 1.01. The summed E-state index contributed by atoms with van der Waals surface area (Å²) >= 11 is 1.77. The van der Waals surface area contributed by atoms with Crippen LogP contribution in [-0.2, 0) is 13.0 Å². The molecular weight excluding hydrogens is 226 g/mol. The Hall–Kier alpha value is -1.12. The normalized spacial score (nSPS) is 10.6. The first-order valence-electron chi connectivity index (χ1n) is 6.21. The Morgan fingerprint density at radius 2 is 1.82 bits per heavy atom. The van der Waals surface area contributed by atoms with Crippen LogP contribution in [0.3, 0.4) is 0 Å². The monoisotopic (exact) mass is 245 g/mol. The topological polar surface area (TPSA) is 12.0 Å². The highest BCUT2D eigenvalue weighted by Crippen LogP contribution is 2.06. The average molecular weight is 245 g/mol. The molecule has 0 fully saturated rings. The van der Waals surface area contributed by atoms with Gasteiger partial charge in [0, 0.05) is 6.54 Å². The molecule has 2 heteroatoms. The zero-order valence-corrected chi connectivity index (χ0v) is 10.9. The van der Waals surface area contributed by atoms with E-state index in [-0.39, 0.29) is 0 Å². The SMILES string of the molecule is c1ccc(CCCCNCc2ccsc2)cc1. The summed E-state index contributed by atoms with van der Waals surface area (Å²) in [6.45, 7) is 2.12. The van der Waals surface area contributed by atoms with Gasteiger partial charge in [0.1, 0.15) is 0 Å². The van der Waals surface area contributed by atoms with Crippen LogP contribution in [0, 0.1) is 0 Å². The molecule has 0 aliphatic carbocycles. The van der Waals surface area contributed by atoms with Gasteiger partial charge in [0.2, 0.25) is 0 Å². The first-order valence-corrected chi connectivity index (χ1v) is 7.15. The lowest BCUT2D eigenvalue weighted by molar-refractivity contribution is 0.623. The van der Waals surface area contributed by atoms with E-state index in [1.54, 1.807) is 11.3 Å². The third-order valence-corrected chi connectivity index (χ3v) is 3.55. The Morgan fingerprint density at radius 3 is 2.59 bits per heavy atom. The van der Waals surface area contributed by atoms with Gasteiger partial charge in [-0.3, -0.25) is 0 Å². The highest BCUT2D eigenvalue weighted by molar-refractivity contribution is 7.07. The Kier molecular flexibility index (Phi) is 5.27. The van der Waals surface area contributed by atoms with E-state index in [9.17, 15) is 0 Å². The van der Waals surface area contributed by atoms with Crippen LogP contribution in [0.4, 0.5) is 0 Å². The predicted octanol–water partition coefficient (Wildman–Crippen LogP) is 3.86. The Bertz CT molecular complexity index is 394. The van der Waals surface area contributed by atoms with Crippen LogP contribution in [0.25, 0.3) is 0 Å². The first kappa shape index (κ1) is 12.3. The number of rotatable bonds is 7. The summed E-state index contributed by atoms with van der Waals surface area (Å²) in [4.78, 5) is 0. The third kappa shape index (κ3) is 4.72. The van der Waals surface area contributed by atoms with Crippen molar-refractivity contribution < 1.29 is 0 Å². The van der Waals surface area contributed by atoms with Crippen LogP contribution in [0.5, 0.6) is 0 Å². The molecule has 0 bridgehead atoms. The van der Waals surface area contributed by atoms with Gasteiger partial charge < -0.3 is 5.32 Å². The van der Waals surface area contributed by atoms with E-state index in [2.05, 4.69) is 52.5 Å². The molecule has 90 valence electrons. The second kappa shape index (κ2) is 7.25. The molecule has 1 aromatic heterocycles. The van der Waals surface area contributed by atoms with Crippen LogP contribution in [0.2, 0.25) is 0 Å². The fourth-order valence-corrected chi connectivity index (χ4v) is 2.52. The van der Waals surface area contributed by atoms with Gasteiger partial charge in [-0.15, -0.1) is 0 Å². The van der Waals surface area contributed by atoms with Crippen molar-refractivity contribution in [2.24, 2.45) is 0 Å². The smallest absolute Gasteiger partial charge is 0.0213 e. The molecule has 1 N–H and O–H groups in total. The van der Waals surface area contributed by atoms with E-state index in [1.807, 2.05) is 0 Å². The number of thiophene rings is 1. The number of nitrogens with one attached hydrogen (secondary N) is 1. The molecule has 0 saturated carbocycles. The first-order chi connectivity index (χ1) is 8.45. The minimum Gasteiger partial charge on any atom is -0.313 e. The zero-order chi connectivity index (χ0) is 11.8. The largest absolute Gasteiger partial charge is 0.313 e. The average Bonchev–Trinajstić information content (AvgIpc) is 2.88. The number of aryl methyl sites for hydroxylation is 1. The maximum atomic E-state index is 3.48. The summed E-state index contributed by atoms with van der Waals surface area (Å²) < 4.78 is 0. The van der Waals surface area contributed by atoms with Gasteiger partial charge in [-0.2, -0.15) is 11.3 Å². The highest BCUT2D eigenvalue weighted by atomic mass is 32.1. The molecule has 0 atom stereocenters. The van der Waals surface area contributed by atoms with Crippen LogP contribution in [0.1, 0.15) is 24.0 Å². The minimum atomic E-state index is 1.01. The molecule has 1 heterocycles. The molecule has 17 heavy (non-hydrogen) atoms. The van der Waals surface area contributed by atoms with Crippen molar-refractivity contribution in [2.45, 2.75) is 25.8 Å². The van der Waals surface area contributed by atoms with Gasteiger partial charge in [0.25, 0.3) is 0 Å². The Balaban J connectivity index is 1.52. The summed E-state index contributed by atoms with van der Waals surface area (Å²) in [7, 11) is 0. The lowest BCUT2D eigenvalue weighted by Crippen LogP contribution is -2.14. The van der Waals surface area contributed by atoms with Crippen LogP contribution < -0.4 is 5.32 Å². The Labute approximate surface area is 108 Å². The number of unbranched alkanes of at least 4 members (excludes halogenated alkanes) is 1. The van der Waals surface area contributed by atoms with E-state index >= 15 is 0 Å². The van der Waals surface area contributed by atoms with Gasteiger partial charge in [-0.25, -0.2) is 0 Å². The third-order valence-electron chi connectivity index (χ3n) is 2.82. The van der Waals surface area contributed by atoms with Gasteiger partial charge in [-0.1, -0.05) is 30.3 Å². The molecule has 0 amide bonds. The van der Waals surface area contributed by atoms with Crippen LogP contribution in [0.15, 0.2) is 47.2 Å². The zero-order valence-electron chi connectivity index (χ0n) is 10.1. The second-order valence-electron chi connectivity index (χ2n) is 4.25. The fraction of sp³-hybridized carbons (Fsp3) is 0.333. The quantitative estimate of drug-likeness (QED) is 0.730. The van der Waals surface area contributed by atoms with E-state index in [4.69, 9.17) is 0 Å². The fourth-order valence-electron chi connectivity index (χ4n) is 1.85. The molecule has 2 aromatic rings. The molecular formula is C15H19NS. The van der Waals surface area contributed by atoms with E-state index < -0.39 is 0 Å². The van der Waals surface area contributed by atoms with Crippen molar-refractivity contribution in [2.75, 3.05) is 6.54 Å². The molecule has 0 saturated heterocycles. The molecule has 0 spiro atoms. The highest BCUT2D eigenvalue weighted by Gasteiger charge is 1.94. The van der Waals surface area contributed by atoms with E-state index in [1.165, 1.54) is 30.4 Å². The maximum Gasteiger partial charge on any atom is 0.0213 e. The van der Waals surface area contributed by atoms with Crippen molar-refractivity contribution in [1.82, 2.24) is 5.32 Å². The molecule has 1 aromatic carbocycles.